The van der Waals surface area contributed by atoms with E-state index in [-0.39, 0.29) is 22.8 Å². The van der Waals surface area contributed by atoms with E-state index < -0.39 is 0 Å². The average Bonchev–Trinajstić information content (AvgIpc) is 3.43. The first-order valence-corrected chi connectivity index (χ1v) is 11.5. The highest BCUT2D eigenvalue weighted by atomic mass is 32.2. The maximum Gasteiger partial charge on any atom is 0.238 e. The van der Waals surface area contributed by atoms with Crippen LogP contribution in [0.2, 0.25) is 0 Å². The predicted octanol–water partition coefficient (Wildman–Crippen LogP) is 4.40. The SMILES string of the molecule is Cc1cc(NC(=O)C(C)SCC(=O)N(Cc2cccs2)Cc2cccs2)no1. The molecular weight excluding hydrogens is 414 g/mol. The zero-order chi connectivity index (χ0) is 19.9. The molecule has 0 saturated heterocycles. The van der Waals surface area contributed by atoms with Gasteiger partial charge in [-0.15, -0.1) is 34.4 Å². The fraction of sp³-hybridized carbons (Fsp3) is 0.316. The minimum absolute atomic E-state index is 0.0173. The van der Waals surface area contributed by atoms with Crippen molar-refractivity contribution in [1.29, 1.82) is 0 Å². The number of amides is 2. The quantitative estimate of drug-likeness (QED) is 0.539. The first-order valence-electron chi connectivity index (χ1n) is 8.69. The van der Waals surface area contributed by atoms with Crippen LogP contribution in [0.15, 0.2) is 45.6 Å². The van der Waals surface area contributed by atoms with Crippen LogP contribution in [0.25, 0.3) is 0 Å². The van der Waals surface area contributed by atoms with Crippen molar-refractivity contribution in [3.63, 3.8) is 0 Å². The minimum atomic E-state index is -0.383. The van der Waals surface area contributed by atoms with E-state index in [2.05, 4.69) is 10.5 Å². The molecular formula is C19H21N3O3S3. The van der Waals surface area contributed by atoms with Crippen molar-refractivity contribution in [2.75, 3.05) is 11.1 Å². The molecule has 28 heavy (non-hydrogen) atoms. The van der Waals surface area contributed by atoms with Crippen molar-refractivity contribution in [2.45, 2.75) is 32.2 Å². The molecule has 0 fully saturated rings. The number of nitrogens with one attached hydrogen (secondary N) is 1. The summed E-state index contributed by atoms with van der Waals surface area (Å²) in [5.74, 6) is 1.07. The number of nitrogens with zero attached hydrogens (tertiary/aromatic N) is 2. The van der Waals surface area contributed by atoms with Crippen molar-refractivity contribution in [3.05, 3.63) is 56.6 Å². The Morgan fingerprint density at radius 3 is 2.36 bits per heavy atom. The number of aromatic nitrogens is 1. The third kappa shape index (κ3) is 5.95. The summed E-state index contributed by atoms with van der Waals surface area (Å²) in [7, 11) is 0. The molecule has 1 atom stereocenters. The summed E-state index contributed by atoms with van der Waals surface area (Å²) in [6.07, 6.45) is 0. The molecule has 1 unspecified atom stereocenters. The summed E-state index contributed by atoms with van der Waals surface area (Å²) in [6.45, 7) is 4.69. The Labute approximate surface area is 175 Å². The van der Waals surface area contributed by atoms with E-state index in [1.54, 1.807) is 42.6 Å². The van der Waals surface area contributed by atoms with Gasteiger partial charge in [-0.3, -0.25) is 9.59 Å². The Morgan fingerprint density at radius 2 is 1.86 bits per heavy atom. The number of rotatable bonds is 9. The number of anilines is 1. The number of aryl methyl sites for hydroxylation is 1. The molecule has 3 aromatic rings. The van der Waals surface area contributed by atoms with Gasteiger partial charge in [-0.2, -0.15) is 0 Å². The lowest BCUT2D eigenvalue weighted by atomic mass is 10.3. The van der Waals surface area contributed by atoms with Crippen LogP contribution in [-0.2, 0) is 22.7 Å². The van der Waals surface area contributed by atoms with Gasteiger partial charge in [0.05, 0.1) is 24.1 Å². The summed E-state index contributed by atoms with van der Waals surface area (Å²) in [5, 5.41) is 10.1. The third-order valence-electron chi connectivity index (χ3n) is 3.91. The monoisotopic (exact) mass is 435 g/mol. The zero-order valence-electron chi connectivity index (χ0n) is 15.6. The van der Waals surface area contributed by atoms with Crippen molar-refractivity contribution in [3.8, 4) is 0 Å². The molecule has 0 radical (unpaired) electrons. The van der Waals surface area contributed by atoms with Gasteiger partial charge < -0.3 is 14.7 Å². The van der Waals surface area contributed by atoms with Gasteiger partial charge in [-0.05, 0) is 36.7 Å². The van der Waals surface area contributed by atoms with Gasteiger partial charge in [0.2, 0.25) is 11.8 Å². The van der Waals surface area contributed by atoms with E-state index in [1.165, 1.54) is 11.8 Å². The molecule has 0 aliphatic heterocycles. The van der Waals surface area contributed by atoms with E-state index in [0.29, 0.717) is 24.7 Å². The number of thiophene rings is 2. The topological polar surface area (TPSA) is 75.4 Å². The van der Waals surface area contributed by atoms with Gasteiger partial charge in [-0.25, -0.2) is 0 Å². The minimum Gasteiger partial charge on any atom is -0.360 e. The molecule has 9 heteroatoms. The van der Waals surface area contributed by atoms with Gasteiger partial charge in [-0.1, -0.05) is 17.3 Å². The highest BCUT2D eigenvalue weighted by Gasteiger charge is 2.20. The van der Waals surface area contributed by atoms with E-state index in [1.807, 2.05) is 39.9 Å². The van der Waals surface area contributed by atoms with Crippen LogP contribution in [0.4, 0.5) is 5.82 Å². The third-order valence-corrected chi connectivity index (χ3v) is 6.76. The second-order valence-electron chi connectivity index (χ2n) is 6.17. The van der Waals surface area contributed by atoms with E-state index in [9.17, 15) is 9.59 Å². The van der Waals surface area contributed by atoms with Crippen LogP contribution < -0.4 is 5.32 Å². The molecule has 1 N–H and O–H groups in total. The lowest BCUT2D eigenvalue weighted by molar-refractivity contribution is -0.129. The van der Waals surface area contributed by atoms with E-state index in [0.717, 1.165) is 9.75 Å². The van der Waals surface area contributed by atoms with E-state index >= 15 is 0 Å². The zero-order valence-corrected chi connectivity index (χ0v) is 18.0. The number of carbonyl (C=O) groups is 2. The summed E-state index contributed by atoms with van der Waals surface area (Å²) in [6, 6.07) is 9.69. The van der Waals surface area contributed by atoms with Crippen molar-refractivity contribution < 1.29 is 14.1 Å². The van der Waals surface area contributed by atoms with Crippen LogP contribution in [0, 0.1) is 6.92 Å². The Balaban J connectivity index is 1.55. The van der Waals surface area contributed by atoms with Gasteiger partial charge in [0.15, 0.2) is 5.82 Å². The molecule has 3 heterocycles. The molecule has 0 spiro atoms. The smallest absolute Gasteiger partial charge is 0.238 e. The largest absolute Gasteiger partial charge is 0.360 e. The second kappa shape index (κ2) is 9.90. The standard InChI is InChI=1S/C19H21N3O3S3/c1-13-9-17(21-25-13)20-19(24)14(2)28-12-18(23)22(10-15-5-3-7-26-15)11-16-6-4-8-27-16/h3-9,14H,10-12H2,1-2H3,(H,20,21,24). The Hall–Kier alpha value is -2.10. The number of carbonyl (C=O) groups excluding carboxylic acids is 2. The molecule has 0 aliphatic rings. The maximum atomic E-state index is 12.8. The first-order chi connectivity index (χ1) is 13.5. The predicted molar refractivity (Wildman–Crippen MR) is 115 cm³/mol. The van der Waals surface area contributed by atoms with Crippen LogP contribution in [0.5, 0.6) is 0 Å². The summed E-state index contributed by atoms with van der Waals surface area (Å²) >= 11 is 4.59. The summed E-state index contributed by atoms with van der Waals surface area (Å²) in [4.78, 5) is 29.2. The van der Waals surface area contributed by atoms with Crippen LogP contribution in [0.1, 0.15) is 22.4 Å². The van der Waals surface area contributed by atoms with Gasteiger partial charge in [0, 0.05) is 15.8 Å². The van der Waals surface area contributed by atoms with Crippen molar-refractivity contribution >= 4 is 52.1 Å². The number of hydrogen-bond donors (Lipinski definition) is 1. The fourth-order valence-electron chi connectivity index (χ4n) is 2.43. The fourth-order valence-corrected chi connectivity index (χ4v) is 4.65. The van der Waals surface area contributed by atoms with Gasteiger partial charge in [0.25, 0.3) is 0 Å². The number of thioether (sulfide) groups is 1. The van der Waals surface area contributed by atoms with Gasteiger partial charge >= 0.3 is 0 Å². The lowest BCUT2D eigenvalue weighted by Gasteiger charge is -2.22. The molecule has 2 amide bonds. The van der Waals surface area contributed by atoms with E-state index in [4.69, 9.17) is 4.52 Å². The molecule has 0 aromatic carbocycles. The lowest BCUT2D eigenvalue weighted by Crippen LogP contribution is -2.32. The molecule has 148 valence electrons. The van der Waals surface area contributed by atoms with Gasteiger partial charge in [0.1, 0.15) is 5.76 Å². The number of hydrogen-bond acceptors (Lipinski definition) is 7. The Kier molecular flexibility index (Phi) is 7.30. The molecule has 6 nitrogen and oxygen atoms in total. The first kappa shape index (κ1) is 20.6. The Morgan fingerprint density at radius 1 is 1.21 bits per heavy atom. The maximum absolute atomic E-state index is 12.8. The normalized spacial score (nSPS) is 11.9. The van der Waals surface area contributed by atoms with Crippen LogP contribution in [0.3, 0.4) is 0 Å². The Bertz CT molecular complexity index is 855. The van der Waals surface area contributed by atoms with Crippen LogP contribution >= 0.6 is 34.4 Å². The highest BCUT2D eigenvalue weighted by Crippen LogP contribution is 2.20. The summed E-state index contributed by atoms with van der Waals surface area (Å²) < 4.78 is 4.94. The van der Waals surface area contributed by atoms with Crippen molar-refractivity contribution in [2.24, 2.45) is 0 Å². The molecule has 0 bridgehead atoms. The van der Waals surface area contributed by atoms with Crippen LogP contribution in [-0.4, -0.2) is 32.9 Å². The second-order valence-corrected chi connectivity index (χ2v) is 9.57. The highest BCUT2D eigenvalue weighted by molar-refractivity contribution is 8.01. The molecule has 0 saturated carbocycles. The molecule has 3 aromatic heterocycles. The average molecular weight is 436 g/mol. The van der Waals surface area contributed by atoms with Crippen molar-refractivity contribution in [1.82, 2.24) is 10.1 Å². The molecule has 3 rings (SSSR count). The summed E-state index contributed by atoms with van der Waals surface area (Å²) in [5.41, 5.74) is 0. The molecule has 0 aliphatic carbocycles.